The summed E-state index contributed by atoms with van der Waals surface area (Å²) in [4.78, 5) is 11.7. The molecule has 2 aromatic carbocycles. The van der Waals surface area contributed by atoms with Crippen molar-refractivity contribution in [2.45, 2.75) is 6.42 Å². The van der Waals surface area contributed by atoms with E-state index in [4.69, 9.17) is 4.74 Å². The Morgan fingerprint density at radius 3 is 2.62 bits per heavy atom. The lowest BCUT2D eigenvalue weighted by Crippen LogP contribution is -2.30. The minimum Gasteiger partial charge on any atom is -0.508 e. The second kappa shape index (κ2) is 7.19. The molecule has 110 valence electrons. The number of ether oxygens (including phenoxy) is 1. The highest BCUT2D eigenvalue weighted by atomic mass is 16.5. The lowest BCUT2D eigenvalue weighted by atomic mass is 10.1. The molecular weight excluding hydrogens is 268 g/mol. The normalized spacial score (nSPS) is 9.95. The fourth-order valence-electron chi connectivity index (χ4n) is 1.88. The Labute approximate surface area is 123 Å². The molecule has 0 saturated heterocycles. The number of rotatable bonds is 5. The van der Waals surface area contributed by atoms with Crippen molar-refractivity contribution in [2.24, 2.45) is 0 Å². The maximum Gasteiger partial charge on any atom is 0.319 e. The first-order chi connectivity index (χ1) is 10.2. The van der Waals surface area contributed by atoms with Crippen molar-refractivity contribution in [2.75, 3.05) is 19.0 Å². The van der Waals surface area contributed by atoms with Gasteiger partial charge in [0, 0.05) is 12.2 Å². The zero-order valence-corrected chi connectivity index (χ0v) is 11.8. The molecule has 0 aliphatic carbocycles. The van der Waals surface area contributed by atoms with Gasteiger partial charge in [-0.3, -0.25) is 0 Å². The van der Waals surface area contributed by atoms with Crippen LogP contribution < -0.4 is 15.4 Å². The molecule has 0 heterocycles. The van der Waals surface area contributed by atoms with Crippen molar-refractivity contribution in [3.05, 3.63) is 54.1 Å². The number of benzene rings is 2. The summed E-state index contributed by atoms with van der Waals surface area (Å²) in [5.41, 5.74) is 1.67. The predicted octanol–water partition coefficient (Wildman–Crippen LogP) is 2.77. The molecule has 0 atom stereocenters. The van der Waals surface area contributed by atoms with Crippen LogP contribution in [-0.4, -0.2) is 24.8 Å². The van der Waals surface area contributed by atoms with E-state index in [-0.39, 0.29) is 11.8 Å². The first-order valence-corrected chi connectivity index (χ1v) is 6.64. The van der Waals surface area contributed by atoms with Crippen molar-refractivity contribution in [1.82, 2.24) is 5.32 Å². The summed E-state index contributed by atoms with van der Waals surface area (Å²) in [7, 11) is 1.59. The topological polar surface area (TPSA) is 70.6 Å². The van der Waals surface area contributed by atoms with Crippen LogP contribution in [0.25, 0.3) is 0 Å². The lowest BCUT2D eigenvalue weighted by molar-refractivity contribution is 0.252. The third kappa shape index (κ3) is 4.72. The molecule has 0 aliphatic rings. The molecule has 0 saturated carbocycles. The molecule has 0 radical (unpaired) electrons. The van der Waals surface area contributed by atoms with E-state index in [2.05, 4.69) is 10.6 Å². The highest BCUT2D eigenvalue weighted by molar-refractivity contribution is 5.89. The number of anilines is 1. The lowest BCUT2D eigenvalue weighted by Gasteiger charge is -2.08. The summed E-state index contributed by atoms with van der Waals surface area (Å²) in [5, 5.41) is 14.8. The van der Waals surface area contributed by atoms with Gasteiger partial charge in [-0.15, -0.1) is 0 Å². The second-order valence-electron chi connectivity index (χ2n) is 4.53. The van der Waals surface area contributed by atoms with Crippen LogP contribution in [0.1, 0.15) is 5.56 Å². The fraction of sp³-hybridized carbons (Fsp3) is 0.188. The Kier molecular flexibility index (Phi) is 5.04. The monoisotopic (exact) mass is 286 g/mol. The summed E-state index contributed by atoms with van der Waals surface area (Å²) >= 11 is 0. The quantitative estimate of drug-likeness (QED) is 0.791. The van der Waals surface area contributed by atoms with Crippen LogP contribution in [0.4, 0.5) is 10.5 Å². The molecule has 21 heavy (non-hydrogen) atoms. The summed E-state index contributed by atoms with van der Waals surface area (Å²) in [6.07, 6.45) is 0.657. The number of aromatic hydroxyl groups is 1. The Bertz CT molecular complexity index is 597. The van der Waals surface area contributed by atoms with Gasteiger partial charge in [0.15, 0.2) is 0 Å². The third-order valence-corrected chi connectivity index (χ3v) is 2.96. The molecule has 2 aromatic rings. The number of carbonyl (C=O) groups is 1. The van der Waals surface area contributed by atoms with Crippen LogP contribution in [0.5, 0.6) is 11.5 Å². The number of urea groups is 1. The Morgan fingerprint density at radius 2 is 1.95 bits per heavy atom. The van der Waals surface area contributed by atoms with Gasteiger partial charge in [0.25, 0.3) is 0 Å². The molecule has 0 unspecified atom stereocenters. The van der Waals surface area contributed by atoms with Gasteiger partial charge in [-0.2, -0.15) is 0 Å². The van der Waals surface area contributed by atoms with Gasteiger partial charge in [0.05, 0.1) is 7.11 Å². The number of hydrogen-bond donors (Lipinski definition) is 3. The van der Waals surface area contributed by atoms with Gasteiger partial charge in [-0.1, -0.05) is 12.1 Å². The van der Waals surface area contributed by atoms with Crippen LogP contribution in [0, 0.1) is 0 Å². The Morgan fingerprint density at radius 1 is 1.19 bits per heavy atom. The standard InChI is InChI=1S/C16H18N2O3/c1-21-15-7-5-13(6-8-15)18-16(20)17-10-9-12-3-2-4-14(19)11-12/h2-8,11,19H,9-10H2,1H3,(H2,17,18,20). The number of carbonyl (C=O) groups excluding carboxylic acids is 1. The molecule has 2 rings (SSSR count). The van der Waals surface area contributed by atoms with Gasteiger partial charge in [0.2, 0.25) is 0 Å². The maximum atomic E-state index is 11.7. The summed E-state index contributed by atoms with van der Waals surface area (Å²) < 4.78 is 5.05. The zero-order chi connectivity index (χ0) is 15.1. The predicted molar refractivity (Wildman–Crippen MR) is 81.8 cm³/mol. The van der Waals surface area contributed by atoms with Gasteiger partial charge in [-0.25, -0.2) is 4.79 Å². The molecule has 0 fully saturated rings. The highest BCUT2D eigenvalue weighted by Gasteiger charge is 2.02. The number of methoxy groups -OCH3 is 1. The van der Waals surface area contributed by atoms with Crippen LogP contribution in [0.2, 0.25) is 0 Å². The second-order valence-corrected chi connectivity index (χ2v) is 4.53. The minimum atomic E-state index is -0.264. The zero-order valence-electron chi connectivity index (χ0n) is 11.8. The van der Waals surface area contributed by atoms with Crippen LogP contribution in [-0.2, 0) is 6.42 Å². The van der Waals surface area contributed by atoms with E-state index < -0.39 is 0 Å². The van der Waals surface area contributed by atoms with E-state index >= 15 is 0 Å². The van der Waals surface area contributed by atoms with E-state index in [0.29, 0.717) is 18.7 Å². The number of phenolic OH excluding ortho intramolecular Hbond substituents is 1. The maximum absolute atomic E-state index is 11.7. The molecule has 0 aromatic heterocycles. The van der Waals surface area contributed by atoms with Crippen molar-refractivity contribution in [1.29, 1.82) is 0 Å². The molecular formula is C16H18N2O3. The summed E-state index contributed by atoms with van der Waals surface area (Å²) in [6.45, 7) is 0.492. The van der Waals surface area contributed by atoms with Crippen LogP contribution in [0.3, 0.4) is 0 Å². The number of phenols is 1. The Balaban J connectivity index is 1.76. The number of amides is 2. The average molecular weight is 286 g/mol. The molecule has 3 N–H and O–H groups in total. The smallest absolute Gasteiger partial charge is 0.319 e. The largest absolute Gasteiger partial charge is 0.508 e. The van der Waals surface area contributed by atoms with Crippen molar-refractivity contribution >= 4 is 11.7 Å². The van der Waals surface area contributed by atoms with Gasteiger partial charge >= 0.3 is 6.03 Å². The van der Waals surface area contributed by atoms with E-state index in [9.17, 15) is 9.90 Å². The van der Waals surface area contributed by atoms with E-state index in [1.165, 1.54) is 0 Å². The average Bonchev–Trinajstić information content (AvgIpc) is 2.48. The van der Waals surface area contributed by atoms with Crippen molar-refractivity contribution in [3.8, 4) is 11.5 Å². The van der Waals surface area contributed by atoms with E-state index in [1.54, 1.807) is 49.6 Å². The molecule has 0 aliphatic heterocycles. The molecule has 5 nitrogen and oxygen atoms in total. The summed E-state index contributed by atoms with van der Waals surface area (Å²) in [6, 6.07) is 13.8. The molecule has 0 spiro atoms. The van der Waals surface area contributed by atoms with Crippen LogP contribution in [0.15, 0.2) is 48.5 Å². The SMILES string of the molecule is COc1ccc(NC(=O)NCCc2cccc(O)c2)cc1. The van der Waals surface area contributed by atoms with E-state index in [0.717, 1.165) is 11.3 Å². The van der Waals surface area contributed by atoms with Gasteiger partial charge in [0.1, 0.15) is 11.5 Å². The molecule has 5 heteroatoms. The van der Waals surface area contributed by atoms with Crippen molar-refractivity contribution in [3.63, 3.8) is 0 Å². The summed E-state index contributed by atoms with van der Waals surface area (Å²) in [5.74, 6) is 0.972. The fourth-order valence-corrected chi connectivity index (χ4v) is 1.88. The van der Waals surface area contributed by atoms with Gasteiger partial charge < -0.3 is 20.5 Å². The van der Waals surface area contributed by atoms with Crippen LogP contribution >= 0.6 is 0 Å². The molecule has 2 amide bonds. The molecule has 0 bridgehead atoms. The van der Waals surface area contributed by atoms with E-state index in [1.807, 2.05) is 6.07 Å². The Hall–Kier alpha value is -2.69. The first-order valence-electron chi connectivity index (χ1n) is 6.64. The highest BCUT2D eigenvalue weighted by Crippen LogP contribution is 2.14. The number of nitrogens with one attached hydrogen (secondary N) is 2. The minimum absolute atomic E-state index is 0.232. The third-order valence-electron chi connectivity index (χ3n) is 2.96. The number of hydrogen-bond acceptors (Lipinski definition) is 3. The van der Waals surface area contributed by atoms with Gasteiger partial charge in [-0.05, 0) is 48.4 Å². The first kappa shape index (κ1) is 14.7. The van der Waals surface area contributed by atoms with Crippen molar-refractivity contribution < 1.29 is 14.6 Å².